The van der Waals surface area contributed by atoms with E-state index < -0.39 is 5.97 Å². The fourth-order valence-electron chi connectivity index (χ4n) is 2.33. The Morgan fingerprint density at radius 2 is 1.96 bits per heavy atom. The number of hydrogen-bond donors (Lipinski definition) is 0. The van der Waals surface area contributed by atoms with Gasteiger partial charge < -0.3 is 9.47 Å². The number of amides is 1. The Kier molecular flexibility index (Phi) is 8.12. The van der Waals surface area contributed by atoms with Gasteiger partial charge in [0.2, 0.25) is 0 Å². The molecule has 140 valence electrons. The minimum atomic E-state index is -0.431. The highest BCUT2D eigenvalue weighted by Gasteiger charge is 2.33. The zero-order valence-electron chi connectivity index (χ0n) is 15.0. The molecule has 5 nitrogen and oxygen atoms in total. The van der Waals surface area contributed by atoms with E-state index >= 15 is 0 Å². The highest BCUT2D eigenvalue weighted by Crippen LogP contribution is 2.32. The first kappa shape index (κ1) is 20.5. The number of carbonyl (C=O) groups is 2. The molecule has 1 aromatic rings. The lowest BCUT2D eigenvalue weighted by molar-refractivity contribution is -0.146. The van der Waals surface area contributed by atoms with Crippen LogP contribution in [0.15, 0.2) is 29.2 Å². The van der Waals surface area contributed by atoms with Gasteiger partial charge in [0, 0.05) is 0 Å². The van der Waals surface area contributed by atoms with Gasteiger partial charge in [0.15, 0.2) is 0 Å². The first-order valence-electron chi connectivity index (χ1n) is 8.69. The van der Waals surface area contributed by atoms with Gasteiger partial charge in [0.05, 0.1) is 18.1 Å². The number of benzene rings is 1. The standard InChI is InChI=1S/C19H23NO4S2/c1-3-5-6-11-24-17(21)13-20-18(22)16(26-19(20)25)12-14-7-9-15(10-8-14)23-4-2/h7-10,12H,3-6,11,13H2,1-2H3/b16-12-. The fourth-order valence-corrected chi connectivity index (χ4v) is 3.58. The zero-order valence-corrected chi connectivity index (χ0v) is 16.7. The zero-order chi connectivity index (χ0) is 18.9. The highest BCUT2D eigenvalue weighted by atomic mass is 32.2. The molecule has 0 unspecified atom stereocenters. The molecule has 1 aliphatic heterocycles. The lowest BCUT2D eigenvalue weighted by Crippen LogP contribution is -2.34. The minimum absolute atomic E-state index is 0.141. The first-order valence-corrected chi connectivity index (χ1v) is 9.91. The average Bonchev–Trinajstić information content (AvgIpc) is 2.88. The Bertz CT molecular complexity index is 685. The number of nitrogens with zero attached hydrogens (tertiary/aromatic N) is 1. The molecule has 7 heteroatoms. The van der Waals surface area contributed by atoms with Crippen LogP contribution in [0, 0.1) is 0 Å². The molecule has 0 N–H and O–H groups in total. The second-order valence-electron chi connectivity index (χ2n) is 5.70. The second kappa shape index (κ2) is 10.3. The number of esters is 1. The number of ether oxygens (including phenoxy) is 2. The lowest BCUT2D eigenvalue weighted by Gasteiger charge is -2.13. The summed E-state index contributed by atoms with van der Waals surface area (Å²) in [6.07, 6.45) is 4.67. The molecule has 1 fully saturated rings. The van der Waals surface area contributed by atoms with Gasteiger partial charge in [-0.1, -0.05) is 55.9 Å². The molecule has 1 aliphatic rings. The summed E-state index contributed by atoms with van der Waals surface area (Å²) >= 11 is 6.43. The number of rotatable bonds is 9. The summed E-state index contributed by atoms with van der Waals surface area (Å²) in [5.41, 5.74) is 0.871. The van der Waals surface area contributed by atoms with Crippen molar-refractivity contribution in [2.75, 3.05) is 19.8 Å². The van der Waals surface area contributed by atoms with Crippen molar-refractivity contribution in [3.05, 3.63) is 34.7 Å². The second-order valence-corrected chi connectivity index (χ2v) is 7.37. The average molecular weight is 394 g/mol. The smallest absolute Gasteiger partial charge is 0.326 e. The van der Waals surface area contributed by atoms with E-state index in [0.29, 0.717) is 22.4 Å². The molecule has 1 aromatic carbocycles. The summed E-state index contributed by atoms with van der Waals surface area (Å²) in [5, 5.41) is 0. The number of thioether (sulfide) groups is 1. The van der Waals surface area contributed by atoms with Crippen LogP contribution in [0.1, 0.15) is 38.7 Å². The third-order valence-corrected chi connectivity index (χ3v) is 5.04. The van der Waals surface area contributed by atoms with Crippen LogP contribution in [0.2, 0.25) is 0 Å². The van der Waals surface area contributed by atoms with Gasteiger partial charge in [-0.25, -0.2) is 0 Å². The van der Waals surface area contributed by atoms with Crippen molar-refractivity contribution in [1.29, 1.82) is 0 Å². The summed E-state index contributed by atoms with van der Waals surface area (Å²) in [6, 6.07) is 7.45. The van der Waals surface area contributed by atoms with Crippen LogP contribution >= 0.6 is 24.0 Å². The maximum atomic E-state index is 12.5. The molecule has 0 saturated carbocycles. The molecule has 26 heavy (non-hydrogen) atoms. The van der Waals surface area contributed by atoms with Crippen molar-refractivity contribution in [2.45, 2.75) is 33.1 Å². The van der Waals surface area contributed by atoms with Crippen LogP contribution in [0.25, 0.3) is 6.08 Å². The molecule has 2 rings (SSSR count). The molecule has 0 aromatic heterocycles. The summed E-state index contributed by atoms with van der Waals surface area (Å²) < 4.78 is 10.9. The summed E-state index contributed by atoms with van der Waals surface area (Å²) in [6.45, 7) is 4.85. The van der Waals surface area contributed by atoms with Gasteiger partial charge in [-0.2, -0.15) is 0 Å². The van der Waals surface area contributed by atoms with Gasteiger partial charge in [0.1, 0.15) is 16.6 Å². The molecule has 0 bridgehead atoms. The predicted molar refractivity (Wildman–Crippen MR) is 108 cm³/mol. The maximum absolute atomic E-state index is 12.5. The number of unbranched alkanes of at least 4 members (excludes halogenated alkanes) is 2. The molecular formula is C19H23NO4S2. The van der Waals surface area contributed by atoms with Gasteiger partial charge in [-0.3, -0.25) is 14.5 Å². The molecule has 0 spiro atoms. The Balaban J connectivity index is 1.95. The summed E-state index contributed by atoms with van der Waals surface area (Å²) in [5.74, 6) is 0.0853. The first-order chi connectivity index (χ1) is 12.5. The van der Waals surface area contributed by atoms with Crippen LogP contribution in [0.4, 0.5) is 0 Å². The lowest BCUT2D eigenvalue weighted by atomic mass is 10.2. The Hall–Kier alpha value is -1.86. The van der Waals surface area contributed by atoms with E-state index in [0.717, 1.165) is 30.6 Å². The molecule has 1 heterocycles. The molecule has 1 saturated heterocycles. The monoisotopic (exact) mass is 393 g/mol. The number of hydrogen-bond acceptors (Lipinski definition) is 6. The van der Waals surface area contributed by atoms with Crippen LogP contribution in [0.5, 0.6) is 5.75 Å². The topological polar surface area (TPSA) is 55.8 Å². The van der Waals surface area contributed by atoms with Gasteiger partial charge in [0.25, 0.3) is 5.91 Å². The van der Waals surface area contributed by atoms with Gasteiger partial charge >= 0.3 is 5.97 Å². The van der Waals surface area contributed by atoms with Crippen molar-refractivity contribution >= 4 is 46.3 Å². The van der Waals surface area contributed by atoms with E-state index in [1.165, 1.54) is 16.7 Å². The summed E-state index contributed by atoms with van der Waals surface area (Å²) in [7, 11) is 0. The third kappa shape index (κ3) is 5.85. The van der Waals surface area contributed by atoms with Crippen molar-refractivity contribution in [3.63, 3.8) is 0 Å². The molecule has 1 amide bonds. The Morgan fingerprint density at radius 3 is 2.62 bits per heavy atom. The van der Waals surface area contributed by atoms with E-state index in [-0.39, 0.29) is 12.5 Å². The molecule has 0 atom stereocenters. The van der Waals surface area contributed by atoms with Crippen LogP contribution in [-0.4, -0.2) is 40.9 Å². The van der Waals surface area contributed by atoms with E-state index in [9.17, 15) is 9.59 Å². The Morgan fingerprint density at radius 1 is 1.23 bits per heavy atom. The van der Waals surface area contributed by atoms with Gasteiger partial charge in [-0.05, 0) is 37.1 Å². The SMILES string of the molecule is CCCCCOC(=O)CN1C(=O)/C(=C/c2ccc(OCC)cc2)SC1=S. The normalized spacial score (nSPS) is 15.6. The largest absolute Gasteiger partial charge is 0.494 e. The van der Waals surface area contributed by atoms with Crippen molar-refractivity contribution in [2.24, 2.45) is 0 Å². The van der Waals surface area contributed by atoms with Crippen molar-refractivity contribution < 1.29 is 19.1 Å². The predicted octanol–water partition coefficient (Wildman–Crippen LogP) is 4.02. The van der Waals surface area contributed by atoms with Gasteiger partial charge in [-0.15, -0.1) is 0 Å². The molecule has 0 aliphatic carbocycles. The van der Waals surface area contributed by atoms with E-state index in [1.807, 2.05) is 31.2 Å². The van der Waals surface area contributed by atoms with Crippen LogP contribution in [0.3, 0.4) is 0 Å². The third-order valence-electron chi connectivity index (χ3n) is 3.66. The molecule has 0 radical (unpaired) electrons. The number of thiocarbonyl (C=S) groups is 1. The van der Waals surface area contributed by atoms with Crippen LogP contribution < -0.4 is 4.74 Å². The van der Waals surface area contributed by atoms with E-state index in [4.69, 9.17) is 21.7 Å². The quantitative estimate of drug-likeness (QED) is 0.273. The Labute approximate surface area is 163 Å². The van der Waals surface area contributed by atoms with Crippen molar-refractivity contribution in [3.8, 4) is 5.75 Å². The van der Waals surface area contributed by atoms with Crippen molar-refractivity contribution in [1.82, 2.24) is 4.90 Å². The highest BCUT2D eigenvalue weighted by molar-refractivity contribution is 8.26. The molecular weight excluding hydrogens is 370 g/mol. The minimum Gasteiger partial charge on any atom is -0.494 e. The van der Waals surface area contributed by atoms with E-state index in [1.54, 1.807) is 6.08 Å². The summed E-state index contributed by atoms with van der Waals surface area (Å²) in [4.78, 5) is 26.2. The van der Waals surface area contributed by atoms with Crippen LogP contribution in [-0.2, 0) is 14.3 Å². The maximum Gasteiger partial charge on any atom is 0.326 e. The fraction of sp³-hybridized carbons (Fsp3) is 0.421. The van der Waals surface area contributed by atoms with E-state index in [2.05, 4.69) is 6.92 Å². The number of carbonyl (C=O) groups excluding carboxylic acids is 2.